The van der Waals surface area contributed by atoms with E-state index in [1.807, 2.05) is 17.4 Å². The molecule has 1 fully saturated rings. The molecule has 114 valence electrons. The van der Waals surface area contributed by atoms with E-state index in [4.69, 9.17) is 11.6 Å². The van der Waals surface area contributed by atoms with Gasteiger partial charge in [0.15, 0.2) is 0 Å². The quantitative estimate of drug-likeness (QED) is 0.739. The van der Waals surface area contributed by atoms with Gasteiger partial charge in [-0.05, 0) is 57.1 Å². The first-order valence-corrected chi connectivity index (χ1v) is 9.50. The third-order valence-electron chi connectivity index (χ3n) is 3.90. The molecule has 0 atom stereocenters. The topological polar surface area (TPSA) is 6.48 Å². The minimum atomic E-state index is 0.881. The number of hydrogen-bond donors (Lipinski definition) is 0. The Balaban J connectivity index is 1.67. The Hall–Kier alpha value is -0.550. The summed E-state index contributed by atoms with van der Waals surface area (Å²) < 4.78 is 0.881. The van der Waals surface area contributed by atoms with Crippen molar-refractivity contribution in [1.82, 2.24) is 4.90 Å². The summed E-state index contributed by atoms with van der Waals surface area (Å²) in [7, 11) is 0. The lowest BCUT2D eigenvalue weighted by atomic mass is 10.4. The molecule has 0 saturated carbocycles. The number of hydrogen-bond acceptors (Lipinski definition) is 4. The van der Waals surface area contributed by atoms with Crippen LogP contribution in [0.5, 0.6) is 0 Å². The van der Waals surface area contributed by atoms with Gasteiger partial charge in [0.25, 0.3) is 0 Å². The van der Waals surface area contributed by atoms with E-state index in [2.05, 4.69) is 34.9 Å². The van der Waals surface area contributed by atoms with Crippen molar-refractivity contribution < 1.29 is 0 Å². The average molecular weight is 341 g/mol. The largest absolute Gasteiger partial charge is 0.357 e. The number of nitrogens with zero attached hydrogens (tertiary/aromatic N) is 2. The van der Waals surface area contributed by atoms with Crippen molar-refractivity contribution in [2.45, 2.75) is 26.3 Å². The minimum Gasteiger partial charge on any atom is -0.357 e. The molecule has 0 amide bonds. The number of rotatable bonds is 6. The summed E-state index contributed by atoms with van der Waals surface area (Å²) >= 11 is 9.64. The fourth-order valence-electron chi connectivity index (χ4n) is 2.75. The maximum Gasteiger partial charge on any atom is 0.0931 e. The second kappa shape index (κ2) is 7.14. The van der Waals surface area contributed by atoms with E-state index in [0.29, 0.717) is 0 Å². The summed E-state index contributed by atoms with van der Waals surface area (Å²) in [5.74, 6) is 0. The van der Waals surface area contributed by atoms with Gasteiger partial charge in [-0.15, -0.1) is 22.7 Å². The summed E-state index contributed by atoms with van der Waals surface area (Å²) in [6.07, 6.45) is 2.72. The first-order valence-electron chi connectivity index (χ1n) is 7.49. The molecule has 0 radical (unpaired) electrons. The summed E-state index contributed by atoms with van der Waals surface area (Å²) in [4.78, 5) is 7.79. The predicted molar refractivity (Wildman–Crippen MR) is 95.1 cm³/mol. The van der Waals surface area contributed by atoms with Crippen molar-refractivity contribution in [3.8, 4) is 0 Å². The second-order valence-corrected chi connectivity index (χ2v) is 8.63. The van der Waals surface area contributed by atoms with Crippen molar-refractivity contribution in [3.05, 3.63) is 38.4 Å². The highest BCUT2D eigenvalue weighted by Gasteiger charge is 2.15. The molecule has 2 nitrogen and oxygen atoms in total. The molecule has 21 heavy (non-hydrogen) atoms. The Morgan fingerprint density at radius 2 is 1.95 bits per heavy atom. The molecule has 2 aromatic rings. The van der Waals surface area contributed by atoms with Crippen LogP contribution in [0.15, 0.2) is 24.3 Å². The fourth-order valence-corrected chi connectivity index (χ4v) is 4.74. The molecule has 0 spiro atoms. The highest BCUT2D eigenvalue weighted by molar-refractivity contribution is 7.16. The Labute approximate surface area is 140 Å². The van der Waals surface area contributed by atoms with Gasteiger partial charge < -0.3 is 9.80 Å². The Bertz CT molecular complexity index is 572. The van der Waals surface area contributed by atoms with E-state index < -0.39 is 0 Å². The lowest BCUT2D eigenvalue weighted by Gasteiger charge is -2.25. The molecule has 3 heterocycles. The van der Waals surface area contributed by atoms with Gasteiger partial charge >= 0.3 is 0 Å². The van der Waals surface area contributed by atoms with E-state index in [0.717, 1.165) is 24.0 Å². The lowest BCUT2D eigenvalue weighted by molar-refractivity contribution is 0.344. The van der Waals surface area contributed by atoms with Crippen LogP contribution in [0.3, 0.4) is 0 Å². The maximum atomic E-state index is 6.07. The van der Waals surface area contributed by atoms with Gasteiger partial charge in [0.2, 0.25) is 0 Å². The van der Waals surface area contributed by atoms with Crippen molar-refractivity contribution in [2.24, 2.45) is 0 Å². The van der Waals surface area contributed by atoms with Crippen molar-refractivity contribution in [3.63, 3.8) is 0 Å². The Morgan fingerprint density at radius 3 is 2.57 bits per heavy atom. The van der Waals surface area contributed by atoms with Crippen LogP contribution in [0.25, 0.3) is 0 Å². The SMILES string of the molecule is Cc1ccc(N(CCN2CCCC2)Cc2ccc(Cl)s2)s1. The molecule has 2 aromatic heterocycles. The van der Waals surface area contributed by atoms with E-state index in [1.54, 1.807) is 11.3 Å². The first kappa shape index (κ1) is 15.3. The van der Waals surface area contributed by atoms with E-state index in [1.165, 1.54) is 40.7 Å². The first-order chi connectivity index (χ1) is 10.2. The van der Waals surface area contributed by atoms with Crippen LogP contribution in [0.1, 0.15) is 22.6 Å². The number of anilines is 1. The van der Waals surface area contributed by atoms with Crippen LogP contribution in [0.2, 0.25) is 4.34 Å². The van der Waals surface area contributed by atoms with E-state index in [9.17, 15) is 0 Å². The highest BCUT2D eigenvalue weighted by Crippen LogP contribution is 2.29. The molecular weight excluding hydrogens is 320 g/mol. The minimum absolute atomic E-state index is 0.881. The van der Waals surface area contributed by atoms with E-state index >= 15 is 0 Å². The number of likely N-dealkylation sites (tertiary alicyclic amines) is 1. The van der Waals surface area contributed by atoms with Gasteiger partial charge in [0.05, 0.1) is 15.9 Å². The van der Waals surface area contributed by atoms with Crippen LogP contribution in [0, 0.1) is 6.92 Å². The molecule has 1 saturated heterocycles. The molecule has 0 aromatic carbocycles. The third kappa shape index (κ3) is 4.22. The molecule has 0 N–H and O–H groups in total. The van der Waals surface area contributed by atoms with Gasteiger partial charge in [-0.2, -0.15) is 0 Å². The van der Waals surface area contributed by atoms with Crippen molar-refractivity contribution in [2.75, 3.05) is 31.1 Å². The van der Waals surface area contributed by atoms with Gasteiger partial charge in [0, 0.05) is 22.8 Å². The Morgan fingerprint density at radius 1 is 1.14 bits per heavy atom. The van der Waals surface area contributed by atoms with Gasteiger partial charge in [-0.3, -0.25) is 0 Å². The zero-order valence-corrected chi connectivity index (χ0v) is 14.7. The maximum absolute atomic E-state index is 6.07. The Kier molecular flexibility index (Phi) is 5.22. The van der Waals surface area contributed by atoms with E-state index in [-0.39, 0.29) is 0 Å². The molecule has 5 heteroatoms. The smallest absolute Gasteiger partial charge is 0.0931 e. The molecule has 3 rings (SSSR count). The molecule has 0 unspecified atom stereocenters. The van der Waals surface area contributed by atoms with Crippen molar-refractivity contribution >= 4 is 39.3 Å². The van der Waals surface area contributed by atoms with Gasteiger partial charge in [0.1, 0.15) is 0 Å². The normalized spacial score (nSPS) is 15.7. The molecule has 0 bridgehead atoms. The molecule has 1 aliphatic heterocycles. The standard InChI is InChI=1S/C16H21ClN2S2/c1-13-4-7-16(20-13)19(11-10-18-8-2-3-9-18)12-14-5-6-15(17)21-14/h4-7H,2-3,8-12H2,1H3. The highest BCUT2D eigenvalue weighted by atomic mass is 35.5. The van der Waals surface area contributed by atoms with Crippen molar-refractivity contribution in [1.29, 1.82) is 0 Å². The summed E-state index contributed by atoms with van der Waals surface area (Å²) in [5, 5.41) is 1.37. The van der Waals surface area contributed by atoms with Crippen LogP contribution in [-0.2, 0) is 6.54 Å². The molecule has 1 aliphatic rings. The monoisotopic (exact) mass is 340 g/mol. The molecule has 0 aliphatic carbocycles. The summed E-state index contributed by atoms with van der Waals surface area (Å²) in [5.41, 5.74) is 0. The van der Waals surface area contributed by atoms with Crippen LogP contribution in [-0.4, -0.2) is 31.1 Å². The number of thiophene rings is 2. The van der Waals surface area contributed by atoms with Crippen LogP contribution < -0.4 is 4.90 Å². The second-order valence-electron chi connectivity index (χ2n) is 5.56. The lowest BCUT2D eigenvalue weighted by Crippen LogP contribution is -2.33. The fraction of sp³-hybridized carbons (Fsp3) is 0.500. The zero-order chi connectivity index (χ0) is 14.7. The van der Waals surface area contributed by atoms with Gasteiger partial charge in [-0.1, -0.05) is 11.6 Å². The predicted octanol–water partition coefficient (Wildman–Crippen LogP) is 4.87. The average Bonchev–Trinajstić information content (AvgIpc) is 3.17. The number of aryl methyl sites for hydroxylation is 1. The molecular formula is C16H21ClN2S2. The zero-order valence-electron chi connectivity index (χ0n) is 12.3. The third-order valence-corrected chi connectivity index (χ3v) is 6.18. The van der Waals surface area contributed by atoms with Crippen LogP contribution in [0.4, 0.5) is 5.00 Å². The van der Waals surface area contributed by atoms with Crippen LogP contribution >= 0.6 is 34.3 Å². The summed E-state index contributed by atoms with van der Waals surface area (Å²) in [6.45, 7) is 7.93. The number of halogens is 1. The van der Waals surface area contributed by atoms with Gasteiger partial charge in [-0.25, -0.2) is 0 Å². The summed E-state index contributed by atoms with van der Waals surface area (Å²) in [6, 6.07) is 8.61.